The summed E-state index contributed by atoms with van der Waals surface area (Å²) in [4.78, 5) is 15.0. The average Bonchev–Trinajstić information content (AvgIpc) is 2.63. The van der Waals surface area contributed by atoms with Gasteiger partial charge in [-0.15, -0.1) is 10.2 Å². The molecule has 0 amide bonds. The van der Waals surface area contributed by atoms with Gasteiger partial charge in [0.05, 0.1) is 13.2 Å². The first kappa shape index (κ1) is 17.5. The predicted octanol–water partition coefficient (Wildman–Crippen LogP) is 3.37. The molecule has 0 unspecified atom stereocenters. The summed E-state index contributed by atoms with van der Waals surface area (Å²) in [6, 6.07) is 14.4. The van der Waals surface area contributed by atoms with Crippen molar-refractivity contribution in [3.8, 4) is 22.8 Å². The van der Waals surface area contributed by atoms with Crippen molar-refractivity contribution in [2.45, 2.75) is 20.0 Å². The van der Waals surface area contributed by atoms with Crippen LogP contribution >= 0.6 is 0 Å². The molecule has 3 rings (SSSR count). The standard InChI is InChI=1S/C19H20N4O3/c1-12(2)26-16-10-6-14(7-11-16)20-19-21-18(24)17(22-23-19)13-4-8-15(25-3)9-5-13/h4-12H,1-3H3,(H2,20,21,23,24). The van der Waals surface area contributed by atoms with E-state index in [1.807, 2.05) is 38.1 Å². The van der Waals surface area contributed by atoms with Crippen LogP contribution in [0.15, 0.2) is 53.3 Å². The number of nitrogens with one attached hydrogen (secondary N) is 2. The lowest BCUT2D eigenvalue weighted by molar-refractivity contribution is 0.242. The van der Waals surface area contributed by atoms with Crippen molar-refractivity contribution < 1.29 is 9.47 Å². The number of hydrogen-bond acceptors (Lipinski definition) is 6. The molecule has 2 aromatic carbocycles. The van der Waals surface area contributed by atoms with Crippen LogP contribution in [0.4, 0.5) is 11.6 Å². The number of nitrogens with zero attached hydrogens (tertiary/aromatic N) is 2. The molecule has 2 N–H and O–H groups in total. The third-order valence-electron chi connectivity index (χ3n) is 3.55. The lowest BCUT2D eigenvalue weighted by Gasteiger charge is -2.10. The second-order valence-electron chi connectivity index (χ2n) is 5.90. The Labute approximate surface area is 151 Å². The largest absolute Gasteiger partial charge is 0.497 e. The van der Waals surface area contributed by atoms with Gasteiger partial charge in [-0.05, 0) is 62.4 Å². The topological polar surface area (TPSA) is 89.1 Å². The Morgan fingerprint density at radius 3 is 2.19 bits per heavy atom. The van der Waals surface area contributed by atoms with Crippen molar-refractivity contribution in [3.05, 3.63) is 58.9 Å². The third-order valence-corrected chi connectivity index (χ3v) is 3.55. The maximum atomic E-state index is 12.3. The highest BCUT2D eigenvalue weighted by Crippen LogP contribution is 2.20. The average molecular weight is 352 g/mol. The van der Waals surface area contributed by atoms with Gasteiger partial charge in [0.15, 0.2) is 5.69 Å². The molecule has 0 spiro atoms. The lowest BCUT2D eigenvalue weighted by atomic mass is 10.1. The molecule has 0 aliphatic carbocycles. The van der Waals surface area contributed by atoms with Gasteiger partial charge in [-0.25, -0.2) is 0 Å². The fraction of sp³-hybridized carbons (Fsp3) is 0.211. The van der Waals surface area contributed by atoms with E-state index >= 15 is 0 Å². The third kappa shape index (κ3) is 4.18. The smallest absolute Gasteiger partial charge is 0.279 e. The molecule has 0 saturated carbocycles. The Morgan fingerprint density at radius 1 is 0.962 bits per heavy atom. The van der Waals surface area contributed by atoms with Crippen molar-refractivity contribution in [1.29, 1.82) is 0 Å². The minimum Gasteiger partial charge on any atom is -0.497 e. The Hall–Kier alpha value is -3.35. The van der Waals surface area contributed by atoms with E-state index in [2.05, 4.69) is 20.5 Å². The van der Waals surface area contributed by atoms with Crippen LogP contribution in [0.2, 0.25) is 0 Å². The predicted molar refractivity (Wildman–Crippen MR) is 100 cm³/mol. The Balaban J connectivity index is 1.75. The van der Waals surface area contributed by atoms with Crippen LogP contribution in [0.25, 0.3) is 11.3 Å². The van der Waals surface area contributed by atoms with E-state index in [9.17, 15) is 4.79 Å². The van der Waals surface area contributed by atoms with E-state index in [-0.39, 0.29) is 23.3 Å². The van der Waals surface area contributed by atoms with Gasteiger partial charge in [-0.3, -0.25) is 9.78 Å². The normalized spacial score (nSPS) is 10.6. The summed E-state index contributed by atoms with van der Waals surface area (Å²) in [6.45, 7) is 3.94. The van der Waals surface area contributed by atoms with Crippen molar-refractivity contribution in [1.82, 2.24) is 15.2 Å². The van der Waals surface area contributed by atoms with Gasteiger partial charge in [0.2, 0.25) is 5.95 Å². The number of aromatic amines is 1. The van der Waals surface area contributed by atoms with Crippen LogP contribution in [0, 0.1) is 0 Å². The molecule has 134 valence electrons. The summed E-state index contributed by atoms with van der Waals surface area (Å²) in [5.74, 6) is 1.76. The Morgan fingerprint density at radius 2 is 1.62 bits per heavy atom. The number of anilines is 2. The minimum absolute atomic E-state index is 0.113. The van der Waals surface area contributed by atoms with Gasteiger partial charge < -0.3 is 14.8 Å². The first-order valence-corrected chi connectivity index (χ1v) is 8.20. The van der Waals surface area contributed by atoms with Gasteiger partial charge in [-0.1, -0.05) is 0 Å². The molecule has 0 saturated heterocycles. The molecule has 26 heavy (non-hydrogen) atoms. The molecule has 0 fully saturated rings. The highest BCUT2D eigenvalue weighted by molar-refractivity contribution is 5.60. The van der Waals surface area contributed by atoms with Crippen LogP contribution in [0.3, 0.4) is 0 Å². The highest BCUT2D eigenvalue weighted by atomic mass is 16.5. The van der Waals surface area contributed by atoms with E-state index < -0.39 is 0 Å². The van der Waals surface area contributed by atoms with E-state index in [4.69, 9.17) is 9.47 Å². The van der Waals surface area contributed by atoms with E-state index in [1.165, 1.54) is 0 Å². The van der Waals surface area contributed by atoms with Crippen molar-refractivity contribution in [3.63, 3.8) is 0 Å². The van der Waals surface area contributed by atoms with Crippen LogP contribution in [-0.2, 0) is 0 Å². The fourth-order valence-corrected chi connectivity index (χ4v) is 2.36. The number of methoxy groups -OCH3 is 1. The number of ether oxygens (including phenoxy) is 2. The van der Waals surface area contributed by atoms with E-state index in [1.54, 1.807) is 31.4 Å². The summed E-state index contributed by atoms with van der Waals surface area (Å²) in [6.07, 6.45) is 0.113. The molecule has 3 aromatic rings. The van der Waals surface area contributed by atoms with Gasteiger partial charge in [0.1, 0.15) is 11.5 Å². The number of benzene rings is 2. The lowest BCUT2D eigenvalue weighted by Crippen LogP contribution is -2.15. The molecular formula is C19H20N4O3. The van der Waals surface area contributed by atoms with E-state index in [0.717, 1.165) is 11.4 Å². The minimum atomic E-state index is -0.326. The van der Waals surface area contributed by atoms with Crippen molar-refractivity contribution >= 4 is 11.6 Å². The number of H-pyrrole nitrogens is 1. The number of hydrogen-bond donors (Lipinski definition) is 2. The zero-order valence-corrected chi connectivity index (χ0v) is 14.8. The van der Waals surface area contributed by atoms with Crippen LogP contribution in [-0.4, -0.2) is 28.4 Å². The van der Waals surface area contributed by atoms with E-state index in [0.29, 0.717) is 11.3 Å². The Kier molecular flexibility index (Phi) is 5.17. The molecule has 1 heterocycles. The summed E-state index contributed by atoms with van der Waals surface area (Å²) in [5.41, 5.74) is 1.36. The van der Waals surface area contributed by atoms with Gasteiger partial charge in [0, 0.05) is 11.3 Å². The second-order valence-corrected chi connectivity index (χ2v) is 5.90. The maximum Gasteiger partial charge on any atom is 0.279 e. The zero-order chi connectivity index (χ0) is 18.5. The summed E-state index contributed by atoms with van der Waals surface area (Å²) in [5, 5.41) is 11.1. The summed E-state index contributed by atoms with van der Waals surface area (Å²) < 4.78 is 10.7. The first-order chi connectivity index (χ1) is 12.5. The molecule has 7 nitrogen and oxygen atoms in total. The van der Waals surface area contributed by atoms with Crippen LogP contribution in [0.5, 0.6) is 11.5 Å². The van der Waals surface area contributed by atoms with Crippen molar-refractivity contribution in [2.75, 3.05) is 12.4 Å². The number of aromatic nitrogens is 3. The molecular weight excluding hydrogens is 332 g/mol. The number of rotatable bonds is 6. The van der Waals surface area contributed by atoms with Gasteiger partial charge >= 0.3 is 0 Å². The highest BCUT2D eigenvalue weighted by Gasteiger charge is 2.08. The molecule has 0 bridgehead atoms. The zero-order valence-electron chi connectivity index (χ0n) is 14.8. The van der Waals surface area contributed by atoms with Gasteiger partial charge in [0.25, 0.3) is 5.56 Å². The molecule has 1 aromatic heterocycles. The van der Waals surface area contributed by atoms with Crippen LogP contribution < -0.4 is 20.3 Å². The van der Waals surface area contributed by atoms with Crippen molar-refractivity contribution in [2.24, 2.45) is 0 Å². The SMILES string of the molecule is COc1ccc(-c2nnc(Nc3ccc(OC(C)C)cc3)[nH]c2=O)cc1. The van der Waals surface area contributed by atoms with Gasteiger partial charge in [-0.2, -0.15) is 0 Å². The first-order valence-electron chi connectivity index (χ1n) is 8.20. The fourth-order valence-electron chi connectivity index (χ4n) is 2.36. The molecule has 0 aliphatic rings. The van der Waals surface area contributed by atoms with Crippen LogP contribution in [0.1, 0.15) is 13.8 Å². The quantitative estimate of drug-likeness (QED) is 0.707. The second kappa shape index (κ2) is 7.69. The molecule has 0 radical (unpaired) electrons. The molecule has 0 atom stereocenters. The monoisotopic (exact) mass is 352 g/mol. The molecule has 7 heteroatoms. The molecule has 0 aliphatic heterocycles. The maximum absolute atomic E-state index is 12.3. The summed E-state index contributed by atoms with van der Waals surface area (Å²) >= 11 is 0. The Bertz CT molecular complexity index is 919. The summed E-state index contributed by atoms with van der Waals surface area (Å²) in [7, 11) is 1.59.